The first-order chi connectivity index (χ1) is 13.2. The van der Waals surface area contributed by atoms with Gasteiger partial charge in [-0.2, -0.15) is 0 Å². The van der Waals surface area contributed by atoms with E-state index < -0.39 is 0 Å². The van der Waals surface area contributed by atoms with Gasteiger partial charge in [-0.3, -0.25) is 9.59 Å². The number of hydrogen-bond donors (Lipinski definition) is 0. The van der Waals surface area contributed by atoms with E-state index in [1.54, 1.807) is 17.4 Å². The molecular formula is C23H36O3S. The van der Waals surface area contributed by atoms with Crippen LogP contribution in [0.5, 0.6) is 0 Å². The zero-order valence-corrected chi connectivity index (χ0v) is 18.0. The number of thiophene rings is 1. The Morgan fingerprint density at radius 2 is 1.59 bits per heavy atom. The number of carbonyl (C=O) groups excluding carboxylic acids is 2. The second-order valence-electron chi connectivity index (χ2n) is 7.11. The molecule has 3 nitrogen and oxygen atoms in total. The molecule has 0 unspecified atom stereocenters. The molecule has 0 spiro atoms. The molecule has 27 heavy (non-hydrogen) atoms. The molecule has 4 heteroatoms. The summed E-state index contributed by atoms with van der Waals surface area (Å²) in [5.74, 6) is 0.144. The number of carbonyl (C=O) groups is 2. The van der Waals surface area contributed by atoms with Crippen molar-refractivity contribution in [3.63, 3.8) is 0 Å². The van der Waals surface area contributed by atoms with Gasteiger partial charge >= 0.3 is 5.97 Å². The number of hydrogen-bond acceptors (Lipinski definition) is 4. The van der Waals surface area contributed by atoms with Gasteiger partial charge in [0, 0.05) is 22.6 Å². The highest BCUT2D eigenvalue weighted by atomic mass is 32.1. The predicted molar refractivity (Wildman–Crippen MR) is 115 cm³/mol. The fraction of sp³-hybridized carbons (Fsp3) is 0.652. The van der Waals surface area contributed by atoms with Crippen LogP contribution in [0.1, 0.15) is 93.7 Å². The maximum absolute atomic E-state index is 11.8. The van der Waals surface area contributed by atoms with Crippen molar-refractivity contribution < 1.29 is 14.3 Å². The van der Waals surface area contributed by atoms with Gasteiger partial charge < -0.3 is 4.74 Å². The van der Waals surface area contributed by atoms with Crippen molar-refractivity contribution in [3.05, 3.63) is 28.0 Å². The topological polar surface area (TPSA) is 43.4 Å². The summed E-state index contributed by atoms with van der Waals surface area (Å²) in [4.78, 5) is 25.4. The quantitative estimate of drug-likeness (QED) is 0.178. The van der Waals surface area contributed by atoms with E-state index in [9.17, 15) is 9.59 Å². The Hall–Kier alpha value is -1.42. The summed E-state index contributed by atoms with van der Waals surface area (Å²) in [6.45, 7) is 2.15. The molecule has 1 heterocycles. The minimum Gasteiger partial charge on any atom is -0.469 e. The third-order valence-electron chi connectivity index (χ3n) is 4.67. The molecule has 152 valence electrons. The molecule has 1 aromatic rings. The Morgan fingerprint density at radius 3 is 2.30 bits per heavy atom. The van der Waals surface area contributed by atoms with Gasteiger partial charge in [0.2, 0.25) is 0 Å². The van der Waals surface area contributed by atoms with Crippen LogP contribution >= 0.6 is 11.3 Å². The molecule has 0 fully saturated rings. The summed E-state index contributed by atoms with van der Waals surface area (Å²) in [6, 6.07) is 4.32. The van der Waals surface area contributed by atoms with Crippen molar-refractivity contribution in [1.29, 1.82) is 0 Å². The summed E-state index contributed by atoms with van der Waals surface area (Å²) in [6.07, 6.45) is 17.6. The Balaban J connectivity index is 2.07. The molecule has 0 aliphatic heterocycles. The van der Waals surface area contributed by atoms with E-state index in [-0.39, 0.29) is 11.8 Å². The standard InChI is InChI=1S/C23H36O3S/c1-3-4-10-13-20(24)16-17-22-19-18-21(27-22)14-11-8-6-5-7-9-12-15-23(25)26-2/h16-19H,3-15H2,1-2H3. The molecule has 0 atom stereocenters. The van der Waals surface area contributed by atoms with E-state index in [4.69, 9.17) is 0 Å². The SMILES string of the molecule is CCCCCC(=O)C=Cc1ccc(CCCCCCCCCC(=O)OC)s1. The normalized spacial score (nSPS) is 11.2. The first-order valence-electron chi connectivity index (χ1n) is 10.5. The summed E-state index contributed by atoms with van der Waals surface area (Å²) < 4.78 is 4.64. The van der Waals surface area contributed by atoms with E-state index in [0.29, 0.717) is 12.8 Å². The number of allylic oxidation sites excluding steroid dienone is 1. The highest BCUT2D eigenvalue weighted by Crippen LogP contribution is 2.21. The zero-order valence-electron chi connectivity index (χ0n) is 17.1. The van der Waals surface area contributed by atoms with E-state index in [2.05, 4.69) is 23.8 Å². The molecule has 0 aliphatic carbocycles. The van der Waals surface area contributed by atoms with Gasteiger partial charge in [-0.05, 0) is 50.0 Å². The van der Waals surface area contributed by atoms with Gasteiger partial charge in [0.25, 0.3) is 0 Å². The number of aryl methyl sites for hydroxylation is 1. The number of ketones is 1. The summed E-state index contributed by atoms with van der Waals surface area (Å²) in [5, 5.41) is 0. The molecule has 1 aromatic heterocycles. The monoisotopic (exact) mass is 392 g/mol. The van der Waals surface area contributed by atoms with Crippen LogP contribution in [0, 0.1) is 0 Å². The lowest BCUT2D eigenvalue weighted by molar-refractivity contribution is -0.140. The van der Waals surface area contributed by atoms with Crippen LogP contribution in [0.25, 0.3) is 6.08 Å². The van der Waals surface area contributed by atoms with E-state index in [1.807, 2.05) is 6.08 Å². The lowest BCUT2D eigenvalue weighted by atomic mass is 10.1. The maximum Gasteiger partial charge on any atom is 0.305 e. The Morgan fingerprint density at radius 1 is 0.926 bits per heavy atom. The van der Waals surface area contributed by atoms with Crippen molar-refractivity contribution in [3.8, 4) is 0 Å². The average Bonchev–Trinajstić information content (AvgIpc) is 3.12. The zero-order chi connectivity index (χ0) is 19.7. The highest BCUT2D eigenvalue weighted by molar-refractivity contribution is 7.12. The maximum atomic E-state index is 11.8. The molecule has 0 amide bonds. The van der Waals surface area contributed by atoms with Crippen LogP contribution in [0.3, 0.4) is 0 Å². The van der Waals surface area contributed by atoms with Gasteiger partial charge in [0.1, 0.15) is 0 Å². The molecule has 0 aliphatic rings. The lowest BCUT2D eigenvalue weighted by Gasteiger charge is -2.01. The third kappa shape index (κ3) is 12.6. The fourth-order valence-corrected chi connectivity index (χ4v) is 3.94. The minimum atomic E-state index is -0.0963. The summed E-state index contributed by atoms with van der Waals surface area (Å²) in [5.41, 5.74) is 0. The first kappa shape index (κ1) is 23.6. The van der Waals surface area contributed by atoms with Crippen LogP contribution < -0.4 is 0 Å². The fourth-order valence-electron chi connectivity index (χ4n) is 2.98. The first-order valence-corrected chi connectivity index (χ1v) is 11.3. The largest absolute Gasteiger partial charge is 0.469 e. The Labute approximate surface area is 169 Å². The number of methoxy groups -OCH3 is 1. The van der Waals surface area contributed by atoms with Crippen molar-refractivity contribution in [2.75, 3.05) is 7.11 Å². The van der Waals surface area contributed by atoms with Gasteiger partial charge in [0.05, 0.1) is 7.11 Å². The number of rotatable bonds is 16. The molecule has 0 saturated carbocycles. The predicted octanol–water partition coefficient (Wildman–Crippen LogP) is 6.75. The van der Waals surface area contributed by atoms with Crippen LogP contribution in [-0.4, -0.2) is 18.9 Å². The second kappa shape index (κ2) is 15.6. The molecular weight excluding hydrogens is 356 g/mol. The van der Waals surface area contributed by atoms with E-state index in [0.717, 1.165) is 38.5 Å². The van der Waals surface area contributed by atoms with Gasteiger partial charge in [-0.25, -0.2) is 0 Å². The third-order valence-corrected chi connectivity index (χ3v) is 5.78. The molecule has 0 aromatic carbocycles. The molecule has 0 bridgehead atoms. The number of unbranched alkanes of at least 4 members (excludes halogenated alkanes) is 8. The lowest BCUT2D eigenvalue weighted by Crippen LogP contribution is -1.99. The summed E-state index contributed by atoms with van der Waals surface area (Å²) in [7, 11) is 1.45. The number of ether oxygens (including phenoxy) is 1. The Kier molecular flexibility index (Phi) is 13.7. The van der Waals surface area contributed by atoms with Crippen LogP contribution in [0.15, 0.2) is 18.2 Å². The molecule has 0 saturated heterocycles. The average molecular weight is 393 g/mol. The smallest absolute Gasteiger partial charge is 0.305 e. The van der Waals surface area contributed by atoms with Crippen molar-refractivity contribution in [2.24, 2.45) is 0 Å². The van der Waals surface area contributed by atoms with Crippen LogP contribution in [0.4, 0.5) is 0 Å². The van der Waals surface area contributed by atoms with E-state index >= 15 is 0 Å². The molecule has 0 N–H and O–H groups in total. The van der Waals surface area contributed by atoms with Gasteiger partial charge in [-0.1, -0.05) is 51.9 Å². The molecule has 1 rings (SSSR count). The van der Waals surface area contributed by atoms with E-state index in [1.165, 1.54) is 49.0 Å². The van der Waals surface area contributed by atoms with Crippen molar-refractivity contribution in [1.82, 2.24) is 0 Å². The molecule has 0 radical (unpaired) electrons. The van der Waals surface area contributed by atoms with Crippen molar-refractivity contribution in [2.45, 2.75) is 90.4 Å². The highest BCUT2D eigenvalue weighted by Gasteiger charge is 2.01. The minimum absolute atomic E-state index is 0.0963. The van der Waals surface area contributed by atoms with Crippen LogP contribution in [-0.2, 0) is 20.7 Å². The van der Waals surface area contributed by atoms with Gasteiger partial charge in [-0.15, -0.1) is 11.3 Å². The Bertz CT molecular complexity index is 560. The second-order valence-corrected chi connectivity index (χ2v) is 8.31. The summed E-state index contributed by atoms with van der Waals surface area (Å²) >= 11 is 1.80. The number of esters is 1. The van der Waals surface area contributed by atoms with Crippen molar-refractivity contribution >= 4 is 29.2 Å². The van der Waals surface area contributed by atoms with Gasteiger partial charge in [0.15, 0.2) is 5.78 Å². The van der Waals surface area contributed by atoms with Crippen LogP contribution in [0.2, 0.25) is 0 Å².